The number of para-hydroxylation sites is 1. The lowest BCUT2D eigenvalue weighted by molar-refractivity contribution is -0.124. The Morgan fingerprint density at radius 3 is 1.92 bits per heavy atom. The van der Waals surface area contributed by atoms with Gasteiger partial charge in [-0.1, -0.05) is 30.3 Å². The second-order valence-electron chi connectivity index (χ2n) is 15.4. The molecule has 1 aliphatic rings. The number of alkyl halides is 3. The van der Waals surface area contributed by atoms with Crippen molar-refractivity contribution >= 4 is 29.9 Å². The number of anilines is 1. The molecular weight excluding hydrogens is 794 g/mol. The topological polar surface area (TPSA) is 154 Å². The maximum atomic E-state index is 15.5. The Morgan fingerprint density at radius 1 is 0.797 bits per heavy atom. The van der Waals surface area contributed by atoms with Crippen molar-refractivity contribution in [3.8, 4) is 5.75 Å². The predicted molar refractivity (Wildman–Crippen MR) is 200 cm³/mol. The van der Waals surface area contributed by atoms with Crippen molar-refractivity contribution in [3.05, 3.63) is 95.3 Å². The SMILES string of the molecule is CC(C)(C)OC(=O)NC(C(=O)Nc1cccc(F)c1OCC1CN(C(=O)OC(C)(C)C)C(COC(=O)NCC(F)(F)F)CO1)C(c1ccc(F)cc1)c1ccc(F)cc1. The molecule has 59 heavy (non-hydrogen) atoms. The molecule has 322 valence electrons. The fourth-order valence-corrected chi connectivity index (χ4v) is 5.73. The van der Waals surface area contributed by atoms with Crippen LogP contribution in [0.3, 0.4) is 0 Å². The van der Waals surface area contributed by atoms with Crippen LogP contribution in [0.2, 0.25) is 0 Å². The van der Waals surface area contributed by atoms with Gasteiger partial charge in [0.25, 0.3) is 0 Å². The zero-order valence-corrected chi connectivity index (χ0v) is 33.1. The van der Waals surface area contributed by atoms with Crippen LogP contribution >= 0.6 is 0 Å². The van der Waals surface area contributed by atoms with Gasteiger partial charge in [0.05, 0.1) is 24.9 Å². The summed E-state index contributed by atoms with van der Waals surface area (Å²) in [6.45, 7) is 6.45. The lowest BCUT2D eigenvalue weighted by atomic mass is 9.84. The molecular formula is C40H46F6N4O9. The molecule has 4 amide bonds. The largest absolute Gasteiger partial charge is 0.486 e. The van der Waals surface area contributed by atoms with Gasteiger partial charge < -0.3 is 39.6 Å². The Kier molecular flexibility index (Phi) is 15.1. The number of rotatable bonds is 12. The van der Waals surface area contributed by atoms with E-state index in [4.69, 9.17) is 23.7 Å². The summed E-state index contributed by atoms with van der Waals surface area (Å²) < 4.78 is 109. The molecule has 3 unspecified atom stereocenters. The van der Waals surface area contributed by atoms with Gasteiger partial charge in [0.1, 0.15) is 54.7 Å². The van der Waals surface area contributed by atoms with Crippen LogP contribution in [0.1, 0.15) is 58.6 Å². The number of nitrogens with one attached hydrogen (secondary N) is 3. The highest BCUT2D eigenvalue weighted by Crippen LogP contribution is 2.33. The first-order valence-corrected chi connectivity index (χ1v) is 18.3. The molecule has 0 aliphatic carbocycles. The Labute approximate surface area is 336 Å². The zero-order chi connectivity index (χ0) is 43.7. The van der Waals surface area contributed by atoms with E-state index in [1.165, 1.54) is 36.4 Å². The van der Waals surface area contributed by atoms with Crippen molar-refractivity contribution in [2.75, 3.05) is 38.2 Å². The predicted octanol–water partition coefficient (Wildman–Crippen LogP) is 7.44. The standard InChI is InChI=1S/C40H46F6N4O9/c1-38(2,3)58-36(53)49-32(31(23-10-14-25(41)15-11-23)24-12-16-26(42)17-13-24)34(51)48-30-9-7-8-29(43)33(30)56-21-28-18-50(37(54)59-39(4,5)6)27(19-55-28)20-57-35(52)47-22-40(44,45)46/h7-17,27-28,31-32H,18-22H2,1-6H3,(H,47,52)(H,48,51)(H,49,53). The number of halogens is 6. The van der Waals surface area contributed by atoms with E-state index in [1.807, 2.05) is 0 Å². The molecule has 3 atom stereocenters. The highest BCUT2D eigenvalue weighted by molar-refractivity contribution is 5.98. The summed E-state index contributed by atoms with van der Waals surface area (Å²) in [4.78, 5) is 53.7. The molecule has 0 spiro atoms. The number of morpholine rings is 1. The van der Waals surface area contributed by atoms with Gasteiger partial charge in [0.15, 0.2) is 11.6 Å². The molecule has 0 aromatic heterocycles. The summed E-state index contributed by atoms with van der Waals surface area (Å²) in [6.07, 6.45) is -8.90. The second-order valence-corrected chi connectivity index (χ2v) is 15.4. The minimum Gasteiger partial charge on any atom is -0.486 e. The number of hydrogen-bond donors (Lipinski definition) is 3. The molecule has 0 radical (unpaired) electrons. The second kappa shape index (κ2) is 19.4. The van der Waals surface area contributed by atoms with Gasteiger partial charge in [-0.3, -0.25) is 9.69 Å². The van der Waals surface area contributed by atoms with Crippen LogP contribution in [0, 0.1) is 17.5 Å². The molecule has 13 nitrogen and oxygen atoms in total. The summed E-state index contributed by atoms with van der Waals surface area (Å²) in [6, 6.07) is 11.3. The lowest BCUT2D eigenvalue weighted by Crippen LogP contribution is -2.56. The fourth-order valence-electron chi connectivity index (χ4n) is 5.73. The van der Waals surface area contributed by atoms with Crippen LogP contribution in [0.15, 0.2) is 66.7 Å². The summed E-state index contributed by atoms with van der Waals surface area (Å²) in [7, 11) is 0. The van der Waals surface area contributed by atoms with E-state index in [9.17, 15) is 41.1 Å². The summed E-state index contributed by atoms with van der Waals surface area (Å²) in [5.41, 5.74) is -1.47. The van der Waals surface area contributed by atoms with Gasteiger partial charge in [0, 0.05) is 5.92 Å². The van der Waals surface area contributed by atoms with E-state index in [1.54, 1.807) is 46.9 Å². The van der Waals surface area contributed by atoms with Crippen molar-refractivity contribution in [1.82, 2.24) is 15.5 Å². The third-order valence-electron chi connectivity index (χ3n) is 8.22. The first kappa shape index (κ1) is 46.0. The van der Waals surface area contributed by atoms with Gasteiger partial charge in [0.2, 0.25) is 5.91 Å². The van der Waals surface area contributed by atoms with Crippen molar-refractivity contribution in [1.29, 1.82) is 0 Å². The summed E-state index contributed by atoms with van der Waals surface area (Å²) in [5.74, 6) is -4.52. The molecule has 0 saturated carbocycles. The van der Waals surface area contributed by atoms with Crippen LogP contribution < -0.4 is 20.7 Å². The van der Waals surface area contributed by atoms with Gasteiger partial charge >= 0.3 is 24.5 Å². The molecule has 4 rings (SSSR count). The molecule has 19 heteroatoms. The smallest absolute Gasteiger partial charge is 0.410 e. The Hall–Kier alpha value is -5.72. The van der Waals surface area contributed by atoms with Crippen molar-refractivity contribution < 1.29 is 69.2 Å². The van der Waals surface area contributed by atoms with Crippen LogP contribution in [0.4, 0.5) is 46.4 Å². The quantitative estimate of drug-likeness (QED) is 0.125. The van der Waals surface area contributed by atoms with E-state index in [-0.39, 0.29) is 18.8 Å². The first-order chi connectivity index (χ1) is 27.5. The van der Waals surface area contributed by atoms with E-state index >= 15 is 4.39 Å². The first-order valence-electron chi connectivity index (χ1n) is 18.3. The molecule has 1 aliphatic heterocycles. The highest BCUT2D eigenvalue weighted by atomic mass is 19.4. The van der Waals surface area contributed by atoms with Gasteiger partial charge in [-0.25, -0.2) is 27.6 Å². The Bertz CT molecular complexity index is 1870. The summed E-state index contributed by atoms with van der Waals surface area (Å²) >= 11 is 0. The van der Waals surface area contributed by atoms with E-state index in [0.717, 1.165) is 35.2 Å². The highest BCUT2D eigenvalue weighted by Gasteiger charge is 2.38. The van der Waals surface area contributed by atoms with Crippen LogP contribution in [0.25, 0.3) is 0 Å². The fraction of sp³-hybridized carbons (Fsp3) is 0.450. The third-order valence-corrected chi connectivity index (χ3v) is 8.22. The zero-order valence-electron chi connectivity index (χ0n) is 33.1. The molecule has 1 fully saturated rings. The monoisotopic (exact) mass is 840 g/mol. The number of benzene rings is 3. The number of carbonyl (C=O) groups is 4. The molecule has 1 heterocycles. The Balaban J connectivity index is 1.58. The van der Waals surface area contributed by atoms with Crippen LogP contribution in [-0.4, -0.2) is 97.6 Å². The average Bonchev–Trinajstić information content (AvgIpc) is 3.12. The van der Waals surface area contributed by atoms with Gasteiger partial charge in [-0.15, -0.1) is 0 Å². The third kappa shape index (κ3) is 14.6. The molecule has 0 bridgehead atoms. The van der Waals surface area contributed by atoms with Crippen molar-refractivity contribution in [3.63, 3.8) is 0 Å². The summed E-state index contributed by atoms with van der Waals surface area (Å²) in [5, 5.41) is 6.70. The minimum atomic E-state index is -4.68. The normalized spacial score (nSPS) is 16.5. The van der Waals surface area contributed by atoms with Crippen LogP contribution in [-0.2, 0) is 23.7 Å². The molecule has 3 aromatic rings. The molecule has 3 N–H and O–H groups in total. The average molecular weight is 841 g/mol. The van der Waals surface area contributed by atoms with E-state index < -0.39 is 109 Å². The van der Waals surface area contributed by atoms with Gasteiger partial charge in [-0.2, -0.15) is 13.2 Å². The maximum absolute atomic E-state index is 15.5. The number of amides is 4. The Morgan fingerprint density at radius 2 is 1.37 bits per heavy atom. The number of alkyl carbamates (subject to hydrolysis) is 2. The number of nitrogens with zero attached hydrogens (tertiary/aromatic N) is 1. The van der Waals surface area contributed by atoms with Crippen LogP contribution in [0.5, 0.6) is 5.75 Å². The number of carbonyl (C=O) groups excluding carboxylic acids is 4. The van der Waals surface area contributed by atoms with Crippen molar-refractivity contribution in [2.24, 2.45) is 0 Å². The number of hydrogen-bond acceptors (Lipinski definition) is 9. The van der Waals surface area contributed by atoms with E-state index in [2.05, 4.69) is 10.6 Å². The number of ether oxygens (including phenoxy) is 5. The molecule has 3 aromatic carbocycles. The van der Waals surface area contributed by atoms with Crippen molar-refractivity contribution in [2.45, 2.75) is 83.0 Å². The van der Waals surface area contributed by atoms with E-state index in [0.29, 0.717) is 11.1 Å². The lowest BCUT2D eigenvalue weighted by Gasteiger charge is -2.39. The van der Waals surface area contributed by atoms with Gasteiger partial charge in [-0.05, 0) is 89.1 Å². The maximum Gasteiger partial charge on any atom is 0.410 e. The molecule has 1 saturated heterocycles. The minimum absolute atomic E-state index is 0.195.